The Labute approximate surface area is 126 Å². The number of aromatic nitrogens is 1. The highest BCUT2D eigenvalue weighted by atomic mass is 79.9. The summed E-state index contributed by atoms with van der Waals surface area (Å²) in [7, 11) is 0. The van der Waals surface area contributed by atoms with E-state index < -0.39 is 0 Å². The Bertz CT molecular complexity index is 778. The van der Waals surface area contributed by atoms with E-state index in [1.807, 2.05) is 6.07 Å². The van der Waals surface area contributed by atoms with Crippen LogP contribution in [0.3, 0.4) is 0 Å². The van der Waals surface area contributed by atoms with E-state index in [2.05, 4.69) is 69.2 Å². The average molecular weight is 328 g/mol. The van der Waals surface area contributed by atoms with Gasteiger partial charge in [-0.25, -0.2) is 0 Å². The molecule has 1 aliphatic rings. The number of hydrogen-bond donors (Lipinski definition) is 0. The standard InChI is InChI=1S/C17H14BrNO/c18-14-6-5-12-7-8-19(16(12)9-14)10-13-11-20-17-4-2-1-3-15(13)17/h1-9,13H,10-11H2. The predicted molar refractivity (Wildman–Crippen MR) is 84.3 cm³/mol. The van der Waals surface area contributed by atoms with Gasteiger partial charge in [-0.2, -0.15) is 0 Å². The molecule has 0 spiro atoms. The van der Waals surface area contributed by atoms with Gasteiger partial charge in [0.05, 0.1) is 6.61 Å². The van der Waals surface area contributed by atoms with E-state index >= 15 is 0 Å². The van der Waals surface area contributed by atoms with Gasteiger partial charge >= 0.3 is 0 Å². The predicted octanol–water partition coefficient (Wildman–Crippen LogP) is 4.58. The summed E-state index contributed by atoms with van der Waals surface area (Å²) in [6.45, 7) is 1.73. The molecule has 20 heavy (non-hydrogen) atoms. The average Bonchev–Trinajstić information content (AvgIpc) is 3.05. The van der Waals surface area contributed by atoms with Gasteiger partial charge in [0.1, 0.15) is 5.75 Å². The van der Waals surface area contributed by atoms with Crippen LogP contribution in [0.4, 0.5) is 0 Å². The fraction of sp³-hybridized carbons (Fsp3) is 0.176. The minimum Gasteiger partial charge on any atom is -0.493 e. The van der Waals surface area contributed by atoms with Gasteiger partial charge in [-0.3, -0.25) is 0 Å². The molecule has 0 aliphatic carbocycles. The van der Waals surface area contributed by atoms with Crippen molar-refractivity contribution in [2.45, 2.75) is 12.5 Å². The second kappa shape index (κ2) is 4.67. The lowest BCUT2D eigenvalue weighted by Crippen LogP contribution is -2.09. The number of ether oxygens (including phenoxy) is 1. The molecule has 0 fully saturated rings. The summed E-state index contributed by atoms with van der Waals surface area (Å²) in [5.41, 5.74) is 2.59. The molecule has 2 aromatic carbocycles. The van der Waals surface area contributed by atoms with Crippen molar-refractivity contribution in [2.24, 2.45) is 0 Å². The molecule has 0 saturated carbocycles. The van der Waals surface area contributed by atoms with E-state index in [0.717, 1.165) is 23.4 Å². The zero-order valence-corrected chi connectivity index (χ0v) is 12.5. The molecule has 3 aromatic rings. The lowest BCUT2D eigenvalue weighted by atomic mass is 10.0. The molecular formula is C17H14BrNO. The van der Waals surface area contributed by atoms with Crippen LogP contribution in [0.15, 0.2) is 59.2 Å². The van der Waals surface area contributed by atoms with Gasteiger partial charge in [0.15, 0.2) is 0 Å². The maximum atomic E-state index is 5.77. The van der Waals surface area contributed by atoms with Crippen molar-refractivity contribution in [3.8, 4) is 5.75 Å². The molecule has 1 aliphatic heterocycles. The number of hydrogen-bond acceptors (Lipinski definition) is 1. The van der Waals surface area contributed by atoms with E-state index in [0.29, 0.717) is 5.92 Å². The molecule has 0 radical (unpaired) electrons. The van der Waals surface area contributed by atoms with Gasteiger partial charge in [0.25, 0.3) is 0 Å². The first-order valence-electron chi connectivity index (χ1n) is 6.77. The third-order valence-corrected chi connectivity index (χ3v) is 4.45. The van der Waals surface area contributed by atoms with E-state index in [4.69, 9.17) is 4.74 Å². The number of benzene rings is 2. The van der Waals surface area contributed by atoms with Crippen LogP contribution < -0.4 is 4.74 Å². The van der Waals surface area contributed by atoms with Gasteiger partial charge in [0, 0.05) is 34.2 Å². The van der Waals surface area contributed by atoms with Crippen LogP contribution in [0.2, 0.25) is 0 Å². The van der Waals surface area contributed by atoms with Gasteiger partial charge in [0.2, 0.25) is 0 Å². The summed E-state index contributed by atoms with van der Waals surface area (Å²) in [5, 5.41) is 1.28. The Hall–Kier alpha value is -1.74. The molecule has 1 atom stereocenters. The molecule has 2 nitrogen and oxygen atoms in total. The van der Waals surface area contributed by atoms with Crippen LogP contribution in [0.1, 0.15) is 11.5 Å². The SMILES string of the molecule is Brc1ccc2ccn(CC3COc4ccccc43)c2c1. The quantitative estimate of drug-likeness (QED) is 0.672. The Morgan fingerprint density at radius 1 is 1.15 bits per heavy atom. The first kappa shape index (κ1) is 12.0. The summed E-state index contributed by atoms with van der Waals surface area (Å²) in [6.07, 6.45) is 2.16. The van der Waals surface area contributed by atoms with Crippen molar-refractivity contribution in [1.29, 1.82) is 0 Å². The topological polar surface area (TPSA) is 14.2 Å². The molecule has 0 bridgehead atoms. The second-order valence-corrected chi connectivity index (χ2v) is 6.13. The van der Waals surface area contributed by atoms with Crippen molar-refractivity contribution in [3.05, 3.63) is 64.8 Å². The Kier molecular flexibility index (Phi) is 2.81. The molecule has 100 valence electrons. The molecule has 1 unspecified atom stereocenters. The van der Waals surface area contributed by atoms with Crippen molar-refractivity contribution in [2.75, 3.05) is 6.61 Å². The van der Waals surface area contributed by atoms with Crippen LogP contribution in [-0.4, -0.2) is 11.2 Å². The number of rotatable bonds is 2. The van der Waals surface area contributed by atoms with Gasteiger partial charge in [-0.05, 0) is 29.7 Å². The molecule has 2 heterocycles. The molecule has 4 rings (SSSR count). The Balaban J connectivity index is 1.70. The third kappa shape index (κ3) is 1.93. The highest BCUT2D eigenvalue weighted by Gasteiger charge is 2.24. The number of fused-ring (bicyclic) bond motifs is 2. The fourth-order valence-electron chi connectivity index (χ4n) is 2.93. The summed E-state index contributed by atoms with van der Waals surface area (Å²) < 4.78 is 9.21. The number of nitrogens with zero attached hydrogens (tertiary/aromatic N) is 1. The Morgan fingerprint density at radius 2 is 2.05 bits per heavy atom. The van der Waals surface area contributed by atoms with E-state index in [1.54, 1.807) is 0 Å². The van der Waals surface area contributed by atoms with Crippen molar-refractivity contribution in [3.63, 3.8) is 0 Å². The highest BCUT2D eigenvalue weighted by Crippen LogP contribution is 2.35. The lowest BCUT2D eigenvalue weighted by molar-refractivity contribution is 0.320. The van der Waals surface area contributed by atoms with Crippen LogP contribution >= 0.6 is 15.9 Å². The first-order valence-corrected chi connectivity index (χ1v) is 7.57. The van der Waals surface area contributed by atoms with Crippen LogP contribution in [0.25, 0.3) is 10.9 Å². The Morgan fingerprint density at radius 3 is 3.00 bits per heavy atom. The largest absolute Gasteiger partial charge is 0.493 e. The number of para-hydroxylation sites is 1. The van der Waals surface area contributed by atoms with Crippen molar-refractivity contribution < 1.29 is 4.74 Å². The molecule has 3 heteroatoms. The maximum absolute atomic E-state index is 5.77. The second-order valence-electron chi connectivity index (χ2n) is 5.22. The first-order chi connectivity index (χ1) is 9.81. The summed E-state index contributed by atoms with van der Waals surface area (Å²) in [6, 6.07) is 16.9. The highest BCUT2D eigenvalue weighted by molar-refractivity contribution is 9.10. The summed E-state index contributed by atoms with van der Waals surface area (Å²) >= 11 is 3.55. The molecule has 0 saturated heterocycles. The fourth-order valence-corrected chi connectivity index (χ4v) is 3.28. The molecular weight excluding hydrogens is 314 g/mol. The minimum absolute atomic E-state index is 0.431. The maximum Gasteiger partial charge on any atom is 0.122 e. The van der Waals surface area contributed by atoms with E-state index in [9.17, 15) is 0 Å². The van der Waals surface area contributed by atoms with Crippen molar-refractivity contribution in [1.82, 2.24) is 4.57 Å². The van der Waals surface area contributed by atoms with Crippen LogP contribution in [0, 0.1) is 0 Å². The summed E-state index contributed by atoms with van der Waals surface area (Å²) in [5.74, 6) is 1.47. The molecule has 0 amide bonds. The van der Waals surface area contributed by atoms with Gasteiger partial charge < -0.3 is 9.30 Å². The molecule has 1 aromatic heterocycles. The smallest absolute Gasteiger partial charge is 0.122 e. The van der Waals surface area contributed by atoms with Crippen LogP contribution in [-0.2, 0) is 6.54 Å². The monoisotopic (exact) mass is 327 g/mol. The van der Waals surface area contributed by atoms with E-state index in [1.165, 1.54) is 16.5 Å². The van der Waals surface area contributed by atoms with Crippen molar-refractivity contribution >= 4 is 26.8 Å². The number of halogens is 1. The van der Waals surface area contributed by atoms with E-state index in [-0.39, 0.29) is 0 Å². The van der Waals surface area contributed by atoms with Crippen LogP contribution in [0.5, 0.6) is 5.75 Å². The van der Waals surface area contributed by atoms with Gasteiger partial charge in [-0.1, -0.05) is 40.2 Å². The normalized spacial score (nSPS) is 17.1. The minimum atomic E-state index is 0.431. The van der Waals surface area contributed by atoms with Gasteiger partial charge in [-0.15, -0.1) is 0 Å². The third-order valence-electron chi connectivity index (χ3n) is 3.95. The zero-order chi connectivity index (χ0) is 13.5. The zero-order valence-electron chi connectivity index (χ0n) is 10.9. The summed E-state index contributed by atoms with van der Waals surface area (Å²) in [4.78, 5) is 0. The molecule has 0 N–H and O–H groups in total. The lowest BCUT2D eigenvalue weighted by Gasteiger charge is -2.11.